The van der Waals surface area contributed by atoms with Gasteiger partial charge in [0.15, 0.2) is 0 Å². The number of nitrogens with zero attached hydrogens (tertiary/aromatic N) is 1. The van der Waals surface area contributed by atoms with E-state index in [-0.39, 0.29) is 5.82 Å². The molecule has 0 radical (unpaired) electrons. The van der Waals surface area contributed by atoms with E-state index in [1.807, 2.05) is 32.0 Å². The Labute approximate surface area is 101 Å². The third kappa shape index (κ3) is 2.81. The third-order valence-corrected chi connectivity index (χ3v) is 2.48. The smallest absolute Gasteiger partial charge is 0.124 e. The van der Waals surface area contributed by atoms with Crippen molar-refractivity contribution in [2.24, 2.45) is 0 Å². The quantitative estimate of drug-likeness (QED) is 0.871. The van der Waals surface area contributed by atoms with Gasteiger partial charge in [0.25, 0.3) is 0 Å². The lowest BCUT2D eigenvalue weighted by atomic mass is 10.1. The molecule has 0 aliphatic carbocycles. The summed E-state index contributed by atoms with van der Waals surface area (Å²) in [6, 6.07) is 8.78. The van der Waals surface area contributed by atoms with Gasteiger partial charge in [-0.2, -0.15) is 0 Å². The molecule has 1 aromatic carbocycles. The zero-order chi connectivity index (χ0) is 12.3. The Bertz CT molecular complexity index is 503. The zero-order valence-electron chi connectivity index (χ0n) is 10.00. The van der Waals surface area contributed by atoms with E-state index in [0.29, 0.717) is 0 Å². The van der Waals surface area contributed by atoms with E-state index in [0.717, 1.165) is 29.1 Å². The predicted octanol–water partition coefficient (Wildman–Crippen LogP) is 3.63. The van der Waals surface area contributed by atoms with Crippen LogP contribution < -0.4 is 5.32 Å². The number of hydrogen-bond acceptors (Lipinski definition) is 2. The summed E-state index contributed by atoms with van der Waals surface area (Å²) in [4.78, 5) is 4.27. The number of aryl methyl sites for hydroxylation is 1. The van der Waals surface area contributed by atoms with Crippen molar-refractivity contribution >= 4 is 5.69 Å². The minimum atomic E-state index is -0.226. The monoisotopic (exact) mass is 230 g/mol. The van der Waals surface area contributed by atoms with Crippen molar-refractivity contribution in [3.8, 4) is 11.3 Å². The molecule has 0 fully saturated rings. The van der Waals surface area contributed by atoms with Gasteiger partial charge in [-0.15, -0.1) is 0 Å². The summed E-state index contributed by atoms with van der Waals surface area (Å²) in [6.45, 7) is 4.76. The lowest BCUT2D eigenvalue weighted by molar-refractivity contribution is 0.627. The van der Waals surface area contributed by atoms with Crippen LogP contribution in [0.3, 0.4) is 0 Å². The molecule has 88 valence electrons. The van der Waals surface area contributed by atoms with Crippen LogP contribution in [0.25, 0.3) is 11.3 Å². The summed E-state index contributed by atoms with van der Waals surface area (Å²) < 4.78 is 13.3. The highest BCUT2D eigenvalue weighted by Crippen LogP contribution is 2.22. The average molecular weight is 230 g/mol. The second-order valence-corrected chi connectivity index (χ2v) is 3.98. The number of aromatic nitrogens is 1. The Morgan fingerprint density at radius 3 is 2.76 bits per heavy atom. The first kappa shape index (κ1) is 11.6. The van der Waals surface area contributed by atoms with Crippen molar-refractivity contribution < 1.29 is 4.39 Å². The third-order valence-electron chi connectivity index (χ3n) is 2.48. The van der Waals surface area contributed by atoms with Gasteiger partial charge in [-0.25, -0.2) is 4.39 Å². The Balaban J connectivity index is 2.41. The summed E-state index contributed by atoms with van der Waals surface area (Å²) in [5.74, 6) is -0.226. The van der Waals surface area contributed by atoms with Gasteiger partial charge in [0.05, 0.1) is 5.69 Å². The highest BCUT2D eigenvalue weighted by molar-refractivity contribution is 5.64. The van der Waals surface area contributed by atoms with E-state index < -0.39 is 0 Å². The molecule has 17 heavy (non-hydrogen) atoms. The van der Waals surface area contributed by atoms with E-state index >= 15 is 0 Å². The molecule has 3 heteroatoms. The average Bonchev–Trinajstić information content (AvgIpc) is 2.28. The predicted molar refractivity (Wildman–Crippen MR) is 68.5 cm³/mol. The molecule has 0 aliphatic heterocycles. The molecule has 0 saturated carbocycles. The van der Waals surface area contributed by atoms with Gasteiger partial charge in [0, 0.05) is 24.0 Å². The first-order valence-electron chi connectivity index (χ1n) is 5.66. The maximum absolute atomic E-state index is 13.3. The largest absolute Gasteiger partial charge is 0.385 e. The standard InChI is InChI=1S/C14H15FN2/c1-3-16-13-4-5-17-14(9-13)11-6-10(2)7-12(15)8-11/h4-9H,3H2,1-2H3,(H,16,17). The number of pyridine rings is 1. The lowest BCUT2D eigenvalue weighted by Crippen LogP contribution is -1.97. The Morgan fingerprint density at radius 1 is 1.24 bits per heavy atom. The molecular formula is C14H15FN2. The van der Waals surface area contributed by atoms with Gasteiger partial charge in [0.1, 0.15) is 5.82 Å². The van der Waals surface area contributed by atoms with Gasteiger partial charge < -0.3 is 5.32 Å². The lowest BCUT2D eigenvalue weighted by Gasteiger charge is -2.06. The molecule has 1 N–H and O–H groups in total. The van der Waals surface area contributed by atoms with Gasteiger partial charge >= 0.3 is 0 Å². The van der Waals surface area contributed by atoms with Crippen molar-refractivity contribution in [1.29, 1.82) is 0 Å². The van der Waals surface area contributed by atoms with Crippen molar-refractivity contribution in [3.63, 3.8) is 0 Å². The van der Waals surface area contributed by atoms with Crippen LogP contribution >= 0.6 is 0 Å². The van der Waals surface area contributed by atoms with E-state index in [9.17, 15) is 4.39 Å². The van der Waals surface area contributed by atoms with Crippen LogP contribution in [0.5, 0.6) is 0 Å². The number of hydrogen-bond donors (Lipinski definition) is 1. The second kappa shape index (κ2) is 4.95. The number of halogens is 1. The van der Waals surface area contributed by atoms with Gasteiger partial charge in [0.2, 0.25) is 0 Å². The molecule has 0 unspecified atom stereocenters. The SMILES string of the molecule is CCNc1ccnc(-c2cc(C)cc(F)c2)c1. The van der Waals surface area contributed by atoms with Crippen LogP contribution in [0.1, 0.15) is 12.5 Å². The van der Waals surface area contributed by atoms with Crippen LogP contribution in [0.15, 0.2) is 36.5 Å². The Morgan fingerprint density at radius 2 is 2.06 bits per heavy atom. The highest BCUT2D eigenvalue weighted by Gasteiger charge is 2.03. The van der Waals surface area contributed by atoms with E-state index in [1.165, 1.54) is 12.1 Å². The van der Waals surface area contributed by atoms with Gasteiger partial charge in [-0.05, 0) is 49.7 Å². The molecular weight excluding hydrogens is 215 g/mol. The van der Waals surface area contributed by atoms with Crippen molar-refractivity contribution in [2.75, 3.05) is 11.9 Å². The molecule has 2 nitrogen and oxygen atoms in total. The Hall–Kier alpha value is -1.90. The summed E-state index contributed by atoms with van der Waals surface area (Å²) in [7, 11) is 0. The van der Waals surface area contributed by atoms with Crippen molar-refractivity contribution in [2.45, 2.75) is 13.8 Å². The van der Waals surface area contributed by atoms with Gasteiger partial charge in [-0.3, -0.25) is 4.98 Å². The molecule has 0 spiro atoms. The van der Waals surface area contributed by atoms with E-state index in [4.69, 9.17) is 0 Å². The fourth-order valence-electron chi connectivity index (χ4n) is 1.79. The van der Waals surface area contributed by atoms with Crippen molar-refractivity contribution in [1.82, 2.24) is 4.98 Å². The molecule has 1 aromatic heterocycles. The van der Waals surface area contributed by atoms with Crippen molar-refractivity contribution in [3.05, 3.63) is 47.9 Å². The summed E-state index contributed by atoms with van der Waals surface area (Å²) >= 11 is 0. The first-order chi connectivity index (χ1) is 8.19. The number of anilines is 1. The second-order valence-electron chi connectivity index (χ2n) is 3.98. The molecule has 0 atom stereocenters. The molecule has 0 saturated heterocycles. The van der Waals surface area contributed by atoms with Crippen LogP contribution in [-0.2, 0) is 0 Å². The molecule has 0 bridgehead atoms. The fraction of sp³-hybridized carbons (Fsp3) is 0.214. The number of rotatable bonds is 3. The normalized spacial score (nSPS) is 10.3. The summed E-state index contributed by atoms with van der Waals surface area (Å²) in [5, 5.41) is 3.21. The number of benzene rings is 1. The van der Waals surface area contributed by atoms with E-state index in [2.05, 4.69) is 10.3 Å². The van der Waals surface area contributed by atoms with E-state index in [1.54, 1.807) is 6.20 Å². The Kier molecular flexibility index (Phi) is 3.38. The summed E-state index contributed by atoms with van der Waals surface area (Å²) in [6.07, 6.45) is 1.73. The molecule has 1 heterocycles. The first-order valence-corrected chi connectivity index (χ1v) is 5.66. The van der Waals surface area contributed by atoms with Crippen LogP contribution in [-0.4, -0.2) is 11.5 Å². The fourth-order valence-corrected chi connectivity index (χ4v) is 1.79. The minimum absolute atomic E-state index is 0.226. The molecule has 0 amide bonds. The molecule has 2 aromatic rings. The van der Waals surface area contributed by atoms with Crippen LogP contribution in [0, 0.1) is 12.7 Å². The molecule has 2 rings (SSSR count). The maximum atomic E-state index is 13.3. The minimum Gasteiger partial charge on any atom is -0.385 e. The topological polar surface area (TPSA) is 24.9 Å². The molecule has 0 aliphatic rings. The number of nitrogens with one attached hydrogen (secondary N) is 1. The van der Waals surface area contributed by atoms with Gasteiger partial charge in [-0.1, -0.05) is 0 Å². The van der Waals surface area contributed by atoms with Crippen LogP contribution in [0.4, 0.5) is 10.1 Å². The zero-order valence-corrected chi connectivity index (χ0v) is 10.00. The highest BCUT2D eigenvalue weighted by atomic mass is 19.1. The summed E-state index contributed by atoms with van der Waals surface area (Å²) in [5.41, 5.74) is 3.49. The van der Waals surface area contributed by atoms with Crippen LogP contribution in [0.2, 0.25) is 0 Å². The maximum Gasteiger partial charge on any atom is 0.124 e.